The number of aliphatic imine (C=N–C) groups is 1. The zero-order chi connectivity index (χ0) is 11.1. The molecule has 0 bridgehead atoms. The number of carbonyl (C=O) groups excluding carboxylic acids is 1. The molecular formula is C10H8ClN3O2. The minimum atomic E-state index is -0.579. The van der Waals surface area contributed by atoms with Crippen LogP contribution in [0.3, 0.4) is 0 Å². The Hall–Kier alpha value is -1.49. The van der Waals surface area contributed by atoms with Crippen LogP contribution in [0.25, 0.3) is 0 Å². The predicted octanol–water partition coefficient (Wildman–Crippen LogP) is 1.72. The molecule has 0 amide bonds. The first-order valence-corrected chi connectivity index (χ1v) is 5.41. The Labute approximate surface area is 96.5 Å². The van der Waals surface area contributed by atoms with Crippen molar-refractivity contribution < 1.29 is 9.53 Å². The molecule has 1 aliphatic heterocycles. The zero-order valence-electron chi connectivity index (χ0n) is 8.31. The van der Waals surface area contributed by atoms with Gasteiger partial charge >= 0.3 is 0 Å². The summed E-state index contributed by atoms with van der Waals surface area (Å²) in [4.78, 5) is 23.8. The van der Waals surface area contributed by atoms with E-state index in [9.17, 15) is 4.79 Å². The third-order valence-corrected chi connectivity index (χ3v) is 2.95. The second-order valence-corrected chi connectivity index (χ2v) is 4.10. The summed E-state index contributed by atoms with van der Waals surface area (Å²) in [7, 11) is 0. The van der Waals surface area contributed by atoms with Crippen LogP contribution in [0.4, 0.5) is 5.82 Å². The molecule has 82 valence electrons. The maximum atomic E-state index is 11.7. The number of rotatable bonds is 0. The van der Waals surface area contributed by atoms with Gasteiger partial charge in [-0.15, -0.1) is 0 Å². The molecule has 0 aromatic carbocycles. The lowest BCUT2D eigenvalue weighted by atomic mass is 9.93. The topological polar surface area (TPSA) is 64.4 Å². The van der Waals surface area contributed by atoms with Crippen LogP contribution in [0.1, 0.15) is 19.3 Å². The van der Waals surface area contributed by atoms with E-state index in [-0.39, 0.29) is 10.9 Å². The summed E-state index contributed by atoms with van der Waals surface area (Å²) in [5, 5.41) is 0.200. The number of carbonyl (C=O) groups is 1. The second-order valence-electron chi connectivity index (χ2n) is 3.74. The molecule has 0 saturated heterocycles. The average Bonchev–Trinajstić information content (AvgIpc) is 2.28. The molecule has 0 spiro atoms. The Morgan fingerprint density at radius 2 is 2.25 bits per heavy atom. The third-order valence-electron chi connectivity index (χ3n) is 2.68. The van der Waals surface area contributed by atoms with Gasteiger partial charge in [0.05, 0.1) is 5.71 Å². The van der Waals surface area contributed by atoms with E-state index in [0.717, 1.165) is 18.6 Å². The van der Waals surface area contributed by atoms with Crippen LogP contribution in [0.15, 0.2) is 11.3 Å². The fourth-order valence-corrected chi connectivity index (χ4v) is 2.09. The maximum Gasteiger partial charge on any atom is 0.202 e. The Kier molecular flexibility index (Phi) is 2.14. The lowest BCUT2D eigenvalue weighted by molar-refractivity contribution is -0.124. The molecule has 0 radical (unpaired) electrons. The Balaban J connectivity index is 2.10. The minimum Gasteiger partial charge on any atom is -0.469 e. The molecule has 2 aliphatic rings. The number of Topliss-reactive ketones (excluding diaryl/α,β-unsaturated/α-hetero) is 1. The molecule has 6 heteroatoms. The lowest BCUT2D eigenvalue weighted by Crippen LogP contribution is -2.40. The molecule has 3 rings (SSSR count). The van der Waals surface area contributed by atoms with Crippen molar-refractivity contribution in [1.29, 1.82) is 0 Å². The van der Waals surface area contributed by atoms with Gasteiger partial charge in [-0.05, 0) is 12.8 Å². The van der Waals surface area contributed by atoms with E-state index in [4.69, 9.17) is 16.3 Å². The van der Waals surface area contributed by atoms with Crippen molar-refractivity contribution in [2.75, 3.05) is 0 Å². The third kappa shape index (κ3) is 1.39. The van der Waals surface area contributed by atoms with E-state index in [1.807, 2.05) is 0 Å². The number of ether oxygens (including phenoxy) is 1. The van der Waals surface area contributed by atoms with E-state index in [2.05, 4.69) is 15.0 Å². The highest BCUT2D eigenvalue weighted by molar-refractivity contribution is 6.31. The highest BCUT2D eigenvalue weighted by Crippen LogP contribution is 2.37. The van der Waals surface area contributed by atoms with E-state index in [1.165, 1.54) is 6.33 Å². The molecule has 2 heterocycles. The summed E-state index contributed by atoms with van der Waals surface area (Å²) in [6.45, 7) is 0. The van der Waals surface area contributed by atoms with Crippen LogP contribution >= 0.6 is 11.6 Å². The summed E-state index contributed by atoms with van der Waals surface area (Å²) in [6.07, 6.45) is 2.89. The SMILES string of the molecule is O=C1CCCC2=Nc3ncnc(Cl)c3OC12. The van der Waals surface area contributed by atoms with Crippen molar-refractivity contribution in [2.45, 2.75) is 25.4 Å². The first-order chi connectivity index (χ1) is 7.75. The number of ketones is 1. The van der Waals surface area contributed by atoms with Gasteiger partial charge in [0, 0.05) is 6.42 Å². The molecule has 16 heavy (non-hydrogen) atoms. The Bertz CT molecular complexity index is 501. The fraction of sp³-hybridized carbons (Fsp3) is 0.400. The summed E-state index contributed by atoms with van der Waals surface area (Å²) < 4.78 is 5.54. The Morgan fingerprint density at radius 3 is 3.12 bits per heavy atom. The number of fused-ring (bicyclic) bond motifs is 2. The first-order valence-electron chi connectivity index (χ1n) is 5.03. The van der Waals surface area contributed by atoms with Crippen molar-refractivity contribution in [2.24, 2.45) is 4.99 Å². The van der Waals surface area contributed by atoms with Gasteiger partial charge in [0.25, 0.3) is 0 Å². The minimum absolute atomic E-state index is 0.0515. The molecule has 1 aromatic heterocycles. The zero-order valence-corrected chi connectivity index (χ0v) is 9.07. The fourth-order valence-electron chi connectivity index (χ4n) is 1.92. The Morgan fingerprint density at radius 1 is 1.38 bits per heavy atom. The van der Waals surface area contributed by atoms with Crippen LogP contribution in [-0.2, 0) is 4.79 Å². The van der Waals surface area contributed by atoms with Gasteiger partial charge in [-0.25, -0.2) is 15.0 Å². The van der Waals surface area contributed by atoms with Crippen molar-refractivity contribution >= 4 is 28.9 Å². The van der Waals surface area contributed by atoms with Crippen LogP contribution in [0.2, 0.25) is 5.15 Å². The highest BCUT2D eigenvalue weighted by atomic mass is 35.5. The second kappa shape index (κ2) is 3.52. The standard InChI is InChI=1S/C10H8ClN3O2/c11-9-8-10(13-4-12-9)14-5-2-1-3-6(15)7(5)16-8/h4,7H,1-3H2. The van der Waals surface area contributed by atoms with Crippen molar-refractivity contribution in [3.63, 3.8) is 0 Å². The van der Waals surface area contributed by atoms with Gasteiger partial charge in [0.2, 0.25) is 5.75 Å². The maximum absolute atomic E-state index is 11.7. The molecule has 1 aromatic rings. The van der Waals surface area contributed by atoms with Gasteiger partial charge in [-0.1, -0.05) is 11.6 Å². The molecule has 0 N–H and O–H groups in total. The molecule has 1 saturated carbocycles. The van der Waals surface area contributed by atoms with E-state index in [0.29, 0.717) is 18.0 Å². The van der Waals surface area contributed by atoms with E-state index in [1.54, 1.807) is 0 Å². The average molecular weight is 238 g/mol. The van der Waals surface area contributed by atoms with Crippen molar-refractivity contribution in [1.82, 2.24) is 9.97 Å². The summed E-state index contributed by atoms with van der Waals surface area (Å²) in [5.74, 6) is 0.782. The lowest BCUT2D eigenvalue weighted by Gasteiger charge is -2.27. The monoisotopic (exact) mass is 237 g/mol. The van der Waals surface area contributed by atoms with E-state index >= 15 is 0 Å². The molecule has 5 nitrogen and oxygen atoms in total. The molecule has 1 aliphatic carbocycles. The van der Waals surface area contributed by atoms with Gasteiger partial charge in [0.1, 0.15) is 6.33 Å². The van der Waals surface area contributed by atoms with Crippen molar-refractivity contribution in [3.8, 4) is 5.75 Å². The van der Waals surface area contributed by atoms with Gasteiger partial charge in [-0.2, -0.15) is 0 Å². The molecule has 1 unspecified atom stereocenters. The quantitative estimate of drug-likeness (QED) is 0.645. The van der Waals surface area contributed by atoms with Gasteiger partial charge in [0.15, 0.2) is 22.9 Å². The number of hydrogen-bond donors (Lipinski definition) is 0. The number of nitrogens with zero attached hydrogens (tertiary/aromatic N) is 3. The summed E-state index contributed by atoms with van der Waals surface area (Å²) in [5.41, 5.74) is 0.749. The molecular weight excluding hydrogens is 230 g/mol. The number of halogens is 1. The number of hydrogen-bond acceptors (Lipinski definition) is 5. The van der Waals surface area contributed by atoms with Gasteiger partial charge < -0.3 is 4.74 Å². The first kappa shape index (κ1) is 9.72. The van der Waals surface area contributed by atoms with Crippen LogP contribution in [0, 0.1) is 0 Å². The smallest absolute Gasteiger partial charge is 0.202 e. The van der Waals surface area contributed by atoms with Gasteiger partial charge in [-0.3, -0.25) is 4.79 Å². The van der Waals surface area contributed by atoms with Crippen LogP contribution in [-0.4, -0.2) is 27.6 Å². The normalized spacial score (nSPS) is 22.9. The van der Waals surface area contributed by atoms with Crippen molar-refractivity contribution in [3.05, 3.63) is 11.5 Å². The highest BCUT2D eigenvalue weighted by Gasteiger charge is 2.35. The molecule has 1 fully saturated rings. The summed E-state index contributed by atoms with van der Waals surface area (Å²) >= 11 is 5.86. The molecule has 1 atom stereocenters. The number of aromatic nitrogens is 2. The van der Waals surface area contributed by atoms with E-state index < -0.39 is 6.10 Å². The van der Waals surface area contributed by atoms with Crippen LogP contribution < -0.4 is 4.74 Å². The largest absolute Gasteiger partial charge is 0.469 e. The summed E-state index contributed by atoms with van der Waals surface area (Å²) in [6, 6.07) is 0. The predicted molar refractivity (Wildman–Crippen MR) is 57.4 cm³/mol. The van der Waals surface area contributed by atoms with Crippen LogP contribution in [0.5, 0.6) is 5.75 Å².